The monoisotopic (exact) mass is 437 g/mol. The number of aromatic nitrogens is 3. The number of halogens is 1. The lowest BCUT2D eigenvalue weighted by Crippen LogP contribution is -2.26. The number of aryl methyl sites for hydroxylation is 1. The number of cyclic esters (lactones) is 1. The molecule has 0 unspecified atom stereocenters. The maximum absolute atomic E-state index is 13.7. The fourth-order valence-electron chi connectivity index (χ4n) is 2.80. The highest BCUT2D eigenvalue weighted by molar-refractivity contribution is 5.87. The summed E-state index contributed by atoms with van der Waals surface area (Å²) in [7, 11) is 0. The quantitative estimate of drug-likeness (QED) is 0.565. The highest BCUT2D eigenvalue weighted by atomic mass is 19.1. The molecule has 32 heavy (non-hydrogen) atoms. The van der Waals surface area contributed by atoms with E-state index >= 15 is 0 Å². The van der Waals surface area contributed by atoms with Gasteiger partial charge in [-0.15, -0.1) is 12.3 Å². The lowest BCUT2D eigenvalue weighted by molar-refractivity contribution is 0.181. The molecule has 1 N–H and O–H groups in total. The van der Waals surface area contributed by atoms with E-state index in [-0.39, 0.29) is 13.9 Å². The summed E-state index contributed by atoms with van der Waals surface area (Å²) in [6.45, 7) is 4.33. The van der Waals surface area contributed by atoms with Crippen LogP contribution in [0.25, 0.3) is 0 Å². The van der Waals surface area contributed by atoms with Gasteiger partial charge in [0.2, 0.25) is 11.9 Å². The van der Waals surface area contributed by atoms with Gasteiger partial charge in [0.25, 0.3) is 0 Å². The number of hydrogen-bond acceptors (Lipinski definition) is 7. The molecule has 4 rings (SSSR count). The first kappa shape index (κ1) is 22.5. The van der Waals surface area contributed by atoms with Crippen LogP contribution in [0.15, 0.2) is 48.5 Å². The second-order valence-electron chi connectivity index (χ2n) is 6.58. The Hall–Kier alpha value is -4.19. The van der Waals surface area contributed by atoms with Crippen molar-refractivity contribution < 1.29 is 20.1 Å². The van der Waals surface area contributed by atoms with Crippen molar-refractivity contribution in [3.63, 3.8) is 0 Å². The maximum atomic E-state index is 13.7. The molecule has 1 fully saturated rings. The Bertz CT molecular complexity index is 1120. The largest absolute Gasteiger partial charge is 0.457 e. The Morgan fingerprint density at radius 1 is 1.25 bits per heavy atom. The van der Waals surface area contributed by atoms with Gasteiger partial charge >= 0.3 is 6.09 Å². The average Bonchev–Trinajstić information content (AvgIpc) is 3.20. The molecular formula is C23H24FN5O3. The van der Waals surface area contributed by atoms with Gasteiger partial charge < -0.3 is 14.8 Å². The Labute approximate surface area is 186 Å². The van der Waals surface area contributed by atoms with Crippen molar-refractivity contribution in [2.75, 3.05) is 23.4 Å². The minimum atomic E-state index is -0.487. The smallest absolute Gasteiger partial charge is 0.416 e. The minimum Gasteiger partial charge on any atom is -0.457 e. The molecule has 1 aromatic heterocycles. The van der Waals surface area contributed by atoms with E-state index in [1.165, 1.54) is 17.0 Å². The molecule has 0 atom stereocenters. The van der Waals surface area contributed by atoms with E-state index in [0.717, 1.165) is 5.56 Å². The van der Waals surface area contributed by atoms with E-state index < -0.39 is 11.9 Å². The van der Waals surface area contributed by atoms with E-state index in [1.807, 2.05) is 18.2 Å². The molecule has 166 valence electrons. The minimum absolute atomic E-state index is 0. The van der Waals surface area contributed by atoms with Crippen molar-refractivity contribution in [3.8, 4) is 23.8 Å². The van der Waals surface area contributed by atoms with Crippen LogP contribution < -0.4 is 15.0 Å². The van der Waals surface area contributed by atoms with Crippen LogP contribution in [0.2, 0.25) is 0 Å². The zero-order chi connectivity index (χ0) is 22.9. The molecule has 1 aliphatic heterocycles. The number of anilines is 2. The third kappa shape index (κ3) is 5.92. The summed E-state index contributed by atoms with van der Waals surface area (Å²) in [5.74, 6) is 3.81. The van der Waals surface area contributed by atoms with Gasteiger partial charge in [-0.1, -0.05) is 24.3 Å². The molecule has 0 saturated carbocycles. The lowest BCUT2D eigenvalue weighted by atomic mass is 10.2. The Morgan fingerprint density at radius 3 is 2.69 bits per heavy atom. The number of hydrogen-bond donors (Lipinski definition) is 1. The van der Waals surface area contributed by atoms with Crippen LogP contribution in [0.5, 0.6) is 11.5 Å². The van der Waals surface area contributed by atoms with Crippen molar-refractivity contribution in [1.82, 2.24) is 15.0 Å². The van der Waals surface area contributed by atoms with Crippen molar-refractivity contribution in [2.45, 2.75) is 20.4 Å². The summed E-state index contributed by atoms with van der Waals surface area (Å²) >= 11 is 0. The highest BCUT2D eigenvalue weighted by Crippen LogP contribution is 2.27. The SMILES string of the molecule is C#CC.Cc1nc(NCc2ccc(F)cc2Oc2ccccc2)nc(N2CCOC2=O)n1.[HH]. The number of para-hydroxylation sites is 1. The molecule has 9 heteroatoms. The van der Waals surface area contributed by atoms with Crippen LogP contribution in [0.3, 0.4) is 0 Å². The van der Waals surface area contributed by atoms with Gasteiger partial charge in [0.05, 0.1) is 6.54 Å². The number of rotatable bonds is 6. The number of amides is 1. The molecule has 1 saturated heterocycles. The van der Waals surface area contributed by atoms with Crippen LogP contribution in [0.4, 0.5) is 21.1 Å². The zero-order valence-electron chi connectivity index (χ0n) is 17.7. The fraction of sp³-hybridized carbons (Fsp3) is 0.217. The number of carbonyl (C=O) groups excluding carboxylic acids is 1. The molecule has 0 spiro atoms. The summed E-state index contributed by atoms with van der Waals surface area (Å²) in [6, 6.07) is 13.5. The molecule has 0 radical (unpaired) electrons. The summed E-state index contributed by atoms with van der Waals surface area (Å²) in [5, 5.41) is 3.08. The summed E-state index contributed by atoms with van der Waals surface area (Å²) in [5.41, 5.74) is 0.718. The molecule has 1 aliphatic rings. The Morgan fingerprint density at radius 2 is 2.00 bits per heavy atom. The van der Waals surface area contributed by atoms with Crippen LogP contribution in [0, 0.1) is 25.1 Å². The first-order valence-electron chi connectivity index (χ1n) is 9.79. The van der Waals surface area contributed by atoms with Crippen LogP contribution in [-0.2, 0) is 11.3 Å². The van der Waals surface area contributed by atoms with E-state index in [9.17, 15) is 9.18 Å². The molecular weight excluding hydrogens is 413 g/mol. The van der Waals surface area contributed by atoms with Crippen LogP contribution in [0.1, 0.15) is 19.7 Å². The molecule has 8 nitrogen and oxygen atoms in total. The van der Waals surface area contributed by atoms with Gasteiger partial charge in [-0.3, -0.25) is 0 Å². The van der Waals surface area contributed by atoms with Gasteiger partial charge in [-0.25, -0.2) is 14.1 Å². The Kier molecular flexibility index (Phi) is 7.54. The van der Waals surface area contributed by atoms with Crippen molar-refractivity contribution in [2.24, 2.45) is 0 Å². The number of benzene rings is 2. The Balaban J connectivity index is 0.000000914. The lowest BCUT2D eigenvalue weighted by Gasteiger charge is -2.14. The average molecular weight is 437 g/mol. The second-order valence-corrected chi connectivity index (χ2v) is 6.58. The van der Waals surface area contributed by atoms with E-state index in [1.54, 1.807) is 32.0 Å². The molecule has 2 aromatic carbocycles. The van der Waals surface area contributed by atoms with Crippen molar-refractivity contribution in [3.05, 3.63) is 65.7 Å². The van der Waals surface area contributed by atoms with Crippen molar-refractivity contribution >= 4 is 18.0 Å². The summed E-state index contributed by atoms with van der Waals surface area (Å²) in [6.07, 6.45) is 4.11. The predicted molar refractivity (Wildman–Crippen MR) is 120 cm³/mol. The van der Waals surface area contributed by atoms with Gasteiger partial charge in [-0.2, -0.15) is 15.0 Å². The van der Waals surface area contributed by atoms with Crippen LogP contribution >= 0.6 is 0 Å². The van der Waals surface area contributed by atoms with Gasteiger partial charge in [0, 0.05) is 19.6 Å². The predicted octanol–water partition coefficient (Wildman–Crippen LogP) is 4.57. The first-order valence-corrected chi connectivity index (χ1v) is 9.79. The third-order valence-corrected chi connectivity index (χ3v) is 4.17. The van der Waals surface area contributed by atoms with Gasteiger partial charge in [0.1, 0.15) is 29.7 Å². The standard InChI is InChI=1S/C20H18FN5O3.C3H4.H2/c1-13-23-18(25-19(24-13)26-9-10-28-20(26)27)22-12-14-7-8-15(21)11-17(14)29-16-5-3-2-4-6-16;1-3-2;/h2-8,11H,9-10,12H2,1H3,(H,22,23,24,25);1H,2H3;1H. The van der Waals surface area contributed by atoms with E-state index in [4.69, 9.17) is 9.47 Å². The number of carbonyl (C=O) groups is 1. The molecule has 1 amide bonds. The number of nitrogens with one attached hydrogen (secondary N) is 1. The fourth-order valence-corrected chi connectivity index (χ4v) is 2.80. The van der Waals surface area contributed by atoms with E-state index in [2.05, 4.69) is 32.6 Å². The third-order valence-electron chi connectivity index (χ3n) is 4.17. The van der Waals surface area contributed by atoms with Gasteiger partial charge in [0.15, 0.2) is 0 Å². The molecule has 2 heterocycles. The number of ether oxygens (including phenoxy) is 2. The highest BCUT2D eigenvalue weighted by Gasteiger charge is 2.26. The second kappa shape index (κ2) is 10.7. The van der Waals surface area contributed by atoms with Crippen molar-refractivity contribution in [1.29, 1.82) is 0 Å². The summed E-state index contributed by atoms with van der Waals surface area (Å²) < 4.78 is 24.5. The first-order chi connectivity index (χ1) is 15.5. The molecule has 0 aliphatic carbocycles. The van der Waals surface area contributed by atoms with Gasteiger partial charge in [-0.05, 0) is 32.0 Å². The number of nitrogens with zero attached hydrogens (tertiary/aromatic N) is 4. The topological polar surface area (TPSA) is 89.5 Å². The van der Waals surface area contributed by atoms with E-state index in [0.29, 0.717) is 36.4 Å². The zero-order valence-corrected chi connectivity index (χ0v) is 17.7. The maximum Gasteiger partial charge on any atom is 0.416 e. The summed E-state index contributed by atoms with van der Waals surface area (Å²) in [4.78, 5) is 25.8. The normalized spacial score (nSPS) is 12.3. The number of terminal acetylenes is 1. The van der Waals surface area contributed by atoms with Crippen LogP contribution in [-0.4, -0.2) is 34.2 Å². The molecule has 3 aromatic rings. The molecule has 0 bridgehead atoms.